The normalized spacial score (nSPS) is 24.5. The van der Waals surface area contributed by atoms with Gasteiger partial charge in [-0.15, -0.1) is 0 Å². The van der Waals surface area contributed by atoms with Gasteiger partial charge in [0, 0.05) is 18.1 Å². The Labute approximate surface area is 123 Å². The lowest BCUT2D eigenvalue weighted by Crippen LogP contribution is -2.31. The van der Waals surface area contributed by atoms with Crippen LogP contribution in [-0.4, -0.2) is 48.2 Å². The fourth-order valence-electron chi connectivity index (χ4n) is 2.02. The number of aliphatic hydroxyl groups excluding tert-OH is 2. The first-order chi connectivity index (χ1) is 9.53. The number of hydrogen-bond acceptors (Lipinski definition) is 4. The van der Waals surface area contributed by atoms with Crippen molar-refractivity contribution in [2.24, 2.45) is 0 Å². The third kappa shape index (κ3) is 3.16. The standard InChI is InChI=1S/C11H11ClF3NO4S/c12-6-1-2-10(7(3-6)11(13,14)15)21(19,20)16-4-8(17)9(18)5-16/h1-3,8-9,17-18H,4-5H2/t8-,9+. The van der Waals surface area contributed by atoms with Crippen LogP contribution < -0.4 is 0 Å². The summed E-state index contributed by atoms with van der Waals surface area (Å²) in [6.07, 6.45) is -7.56. The van der Waals surface area contributed by atoms with Gasteiger partial charge in [-0.3, -0.25) is 0 Å². The topological polar surface area (TPSA) is 77.8 Å². The number of sulfonamides is 1. The highest BCUT2D eigenvalue weighted by Crippen LogP contribution is 2.37. The molecule has 0 aromatic heterocycles. The molecule has 1 aromatic rings. The van der Waals surface area contributed by atoms with Crippen molar-refractivity contribution in [3.05, 3.63) is 28.8 Å². The molecule has 0 radical (unpaired) electrons. The predicted octanol–water partition coefficient (Wildman–Crippen LogP) is 1.08. The van der Waals surface area contributed by atoms with Gasteiger partial charge in [-0.05, 0) is 18.2 Å². The smallest absolute Gasteiger partial charge is 0.389 e. The molecule has 1 aromatic carbocycles. The Hall–Kier alpha value is -0.870. The molecular weight excluding hydrogens is 335 g/mol. The van der Waals surface area contributed by atoms with Crippen molar-refractivity contribution in [3.63, 3.8) is 0 Å². The van der Waals surface area contributed by atoms with Crippen molar-refractivity contribution in [2.75, 3.05) is 13.1 Å². The van der Waals surface area contributed by atoms with Crippen LogP contribution in [0.5, 0.6) is 0 Å². The maximum absolute atomic E-state index is 13.0. The number of rotatable bonds is 2. The van der Waals surface area contributed by atoms with Gasteiger partial charge in [0.15, 0.2) is 0 Å². The van der Waals surface area contributed by atoms with Crippen LogP contribution in [0.15, 0.2) is 23.1 Å². The lowest BCUT2D eigenvalue weighted by atomic mass is 10.2. The number of aliphatic hydroxyl groups is 2. The molecule has 2 atom stereocenters. The van der Waals surface area contributed by atoms with Crippen LogP contribution in [0.2, 0.25) is 5.02 Å². The van der Waals surface area contributed by atoms with E-state index in [0.29, 0.717) is 10.4 Å². The summed E-state index contributed by atoms with van der Waals surface area (Å²) in [6.45, 7) is -0.938. The molecule has 118 valence electrons. The fourth-order valence-corrected chi connectivity index (χ4v) is 3.86. The summed E-state index contributed by atoms with van der Waals surface area (Å²) in [5.74, 6) is 0. The molecule has 0 unspecified atom stereocenters. The zero-order chi connectivity index (χ0) is 16.0. The third-order valence-corrected chi connectivity index (χ3v) is 5.22. The molecule has 2 rings (SSSR count). The van der Waals surface area contributed by atoms with Gasteiger partial charge in [0.05, 0.1) is 22.7 Å². The lowest BCUT2D eigenvalue weighted by molar-refractivity contribution is -0.139. The van der Waals surface area contributed by atoms with E-state index in [9.17, 15) is 31.8 Å². The third-order valence-electron chi connectivity index (χ3n) is 3.09. The predicted molar refractivity (Wildman–Crippen MR) is 67.2 cm³/mol. The van der Waals surface area contributed by atoms with Gasteiger partial charge in [-0.1, -0.05) is 11.6 Å². The van der Waals surface area contributed by atoms with Crippen molar-refractivity contribution in [2.45, 2.75) is 23.3 Å². The molecule has 1 heterocycles. The van der Waals surface area contributed by atoms with Gasteiger partial charge in [0.1, 0.15) is 0 Å². The SMILES string of the molecule is O=S(=O)(c1ccc(Cl)cc1C(F)(F)F)N1C[C@@H](O)[C@@H](O)C1. The first-order valence-corrected chi connectivity index (χ1v) is 7.58. The minimum atomic E-state index is -4.90. The maximum atomic E-state index is 13.0. The van der Waals surface area contributed by atoms with Gasteiger partial charge in [0.25, 0.3) is 0 Å². The number of benzene rings is 1. The Kier molecular flexibility index (Phi) is 4.24. The molecule has 21 heavy (non-hydrogen) atoms. The summed E-state index contributed by atoms with van der Waals surface area (Å²) in [5.41, 5.74) is -1.38. The molecule has 5 nitrogen and oxygen atoms in total. The Morgan fingerprint density at radius 3 is 2.19 bits per heavy atom. The number of nitrogens with zero attached hydrogens (tertiary/aromatic N) is 1. The Morgan fingerprint density at radius 2 is 1.71 bits per heavy atom. The van der Waals surface area contributed by atoms with Gasteiger partial charge < -0.3 is 10.2 Å². The summed E-state index contributed by atoms with van der Waals surface area (Å²) in [4.78, 5) is -0.958. The van der Waals surface area contributed by atoms with Crippen molar-refractivity contribution in [1.29, 1.82) is 0 Å². The Bertz CT molecular complexity index is 639. The van der Waals surface area contributed by atoms with Crippen molar-refractivity contribution < 1.29 is 31.8 Å². The highest BCUT2D eigenvalue weighted by Gasteiger charge is 2.43. The van der Waals surface area contributed by atoms with Crippen LogP contribution in [-0.2, 0) is 16.2 Å². The Balaban J connectivity index is 2.51. The van der Waals surface area contributed by atoms with Crippen LogP contribution >= 0.6 is 11.6 Å². The van der Waals surface area contributed by atoms with E-state index in [1.807, 2.05) is 0 Å². The zero-order valence-corrected chi connectivity index (χ0v) is 12.0. The van der Waals surface area contributed by atoms with Crippen LogP contribution in [0.1, 0.15) is 5.56 Å². The van der Waals surface area contributed by atoms with Crippen LogP contribution in [0.25, 0.3) is 0 Å². The van der Waals surface area contributed by atoms with E-state index in [1.54, 1.807) is 0 Å². The van der Waals surface area contributed by atoms with E-state index in [4.69, 9.17) is 11.6 Å². The molecule has 1 aliphatic heterocycles. The monoisotopic (exact) mass is 345 g/mol. The minimum Gasteiger partial charge on any atom is -0.389 e. The van der Waals surface area contributed by atoms with E-state index in [-0.39, 0.29) is 5.02 Å². The quantitative estimate of drug-likeness (QED) is 0.841. The van der Waals surface area contributed by atoms with E-state index in [0.717, 1.165) is 12.1 Å². The molecule has 2 N–H and O–H groups in total. The van der Waals surface area contributed by atoms with Crippen LogP contribution in [0.4, 0.5) is 13.2 Å². The number of hydrogen-bond donors (Lipinski definition) is 2. The second-order valence-electron chi connectivity index (χ2n) is 4.59. The molecule has 1 fully saturated rings. The molecular formula is C11H11ClF3NO4S. The van der Waals surface area contributed by atoms with Gasteiger partial charge >= 0.3 is 6.18 Å². The van der Waals surface area contributed by atoms with Crippen LogP contribution in [0, 0.1) is 0 Å². The summed E-state index contributed by atoms with van der Waals surface area (Å²) >= 11 is 5.49. The maximum Gasteiger partial charge on any atom is 0.417 e. The van der Waals surface area contributed by atoms with Crippen LogP contribution in [0.3, 0.4) is 0 Å². The summed E-state index contributed by atoms with van der Waals surface area (Å²) < 4.78 is 64.0. The van der Waals surface area contributed by atoms with Gasteiger partial charge in [-0.2, -0.15) is 17.5 Å². The van der Waals surface area contributed by atoms with E-state index in [2.05, 4.69) is 0 Å². The fraction of sp³-hybridized carbons (Fsp3) is 0.455. The average Bonchev–Trinajstić information content (AvgIpc) is 2.69. The largest absolute Gasteiger partial charge is 0.417 e. The van der Waals surface area contributed by atoms with Crippen molar-refractivity contribution in [3.8, 4) is 0 Å². The summed E-state index contributed by atoms with van der Waals surface area (Å²) in [5, 5.41) is 18.5. The highest BCUT2D eigenvalue weighted by atomic mass is 35.5. The molecule has 0 aliphatic carbocycles. The first kappa shape index (κ1) is 16.5. The molecule has 0 bridgehead atoms. The zero-order valence-electron chi connectivity index (χ0n) is 10.4. The molecule has 0 amide bonds. The highest BCUT2D eigenvalue weighted by molar-refractivity contribution is 7.89. The number of β-amino-alcohol motifs (C(OH)–C–C–N with tert-alkyl or cyclic N) is 2. The molecule has 1 aliphatic rings. The summed E-state index contributed by atoms with van der Waals surface area (Å²) in [7, 11) is -4.50. The van der Waals surface area contributed by atoms with Gasteiger partial charge in [-0.25, -0.2) is 8.42 Å². The van der Waals surface area contributed by atoms with E-state index in [1.165, 1.54) is 0 Å². The molecule has 1 saturated heterocycles. The second kappa shape index (κ2) is 5.40. The second-order valence-corrected chi connectivity index (χ2v) is 6.94. The van der Waals surface area contributed by atoms with Gasteiger partial charge in [0.2, 0.25) is 10.0 Å². The minimum absolute atomic E-state index is 0.247. The summed E-state index contributed by atoms with van der Waals surface area (Å²) in [6, 6.07) is 2.32. The van der Waals surface area contributed by atoms with Crippen molar-refractivity contribution >= 4 is 21.6 Å². The molecule has 10 heteroatoms. The number of alkyl halides is 3. The van der Waals surface area contributed by atoms with E-state index >= 15 is 0 Å². The molecule has 0 spiro atoms. The molecule has 0 saturated carbocycles. The lowest BCUT2D eigenvalue weighted by Gasteiger charge is -2.19. The number of halogens is 4. The Morgan fingerprint density at radius 1 is 1.19 bits per heavy atom. The van der Waals surface area contributed by atoms with Crippen molar-refractivity contribution in [1.82, 2.24) is 4.31 Å². The first-order valence-electron chi connectivity index (χ1n) is 5.76. The average molecular weight is 346 g/mol. The van der Waals surface area contributed by atoms with E-state index < -0.39 is 52.0 Å².